The first-order valence-corrected chi connectivity index (χ1v) is 8.97. The van der Waals surface area contributed by atoms with Gasteiger partial charge in [0.05, 0.1) is 6.10 Å². The maximum atomic E-state index is 5.99. The molecule has 0 N–H and O–H groups in total. The predicted octanol–water partition coefficient (Wildman–Crippen LogP) is 3.71. The molecule has 5 nitrogen and oxygen atoms in total. The van der Waals surface area contributed by atoms with E-state index in [2.05, 4.69) is 21.2 Å². The maximum absolute atomic E-state index is 5.99. The summed E-state index contributed by atoms with van der Waals surface area (Å²) in [5.41, 5.74) is 2.16. The number of benzene rings is 1. The summed E-state index contributed by atoms with van der Waals surface area (Å²) in [6, 6.07) is 12.1. The van der Waals surface area contributed by atoms with Gasteiger partial charge in [0.1, 0.15) is 5.75 Å². The highest BCUT2D eigenvalue weighted by Gasteiger charge is 2.24. The number of ether oxygens (including phenoxy) is 1. The van der Waals surface area contributed by atoms with Crippen LogP contribution in [0.3, 0.4) is 0 Å². The van der Waals surface area contributed by atoms with Crippen molar-refractivity contribution in [2.24, 2.45) is 7.05 Å². The van der Waals surface area contributed by atoms with Crippen LogP contribution in [0.5, 0.6) is 5.75 Å². The van der Waals surface area contributed by atoms with Crippen molar-refractivity contribution in [3.05, 3.63) is 54.4 Å². The van der Waals surface area contributed by atoms with Crippen LogP contribution in [0, 0.1) is 0 Å². The molecular weight excluding hydrogens is 320 g/mol. The number of hydrogen-bond acceptors (Lipinski definition) is 5. The lowest BCUT2D eigenvalue weighted by atomic mass is 10.2. The Labute approximate surface area is 145 Å². The maximum Gasteiger partial charge on any atom is 0.191 e. The molecule has 1 saturated carbocycles. The first-order valence-electron chi connectivity index (χ1n) is 7.98. The Kier molecular flexibility index (Phi) is 4.21. The zero-order chi connectivity index (χ0) is 16.4. The average Bonchev–Trinajstić information content (AvgIpc) is 3.36. The molecule has 2 heterocycles. The minimum absolute atomic E-state index is 0.406. The zero-order valence-electron chi connectivity index (χ0n) is 13.4. The van der Waals surface area contributed by atoms with Crippen LogP contribution in [0.4, 0.5) is 0 Å². The van der Waals surface area contributed by atoms with Crippen molar-refractivity contribution in [3.8, 4) is 17.1 Å². The molecule has 0 saturated heterocycles. The van der Waals surface area contributed by atoms with E-state index < -0.39 is 0 Å². The molecule has 4 rings (SSSR count). The van der Waals surface area contributed by atoms with Gasteiger partial charge in [0.25, 0.3) is 0 Å². The van der Waals surface area contributed by atoms with Crippen LogP contribution in [0.1, 0.15) is 18.4 Å². The van der Waals surface area contributed by atoms with E-state index >= 15 is 0 Å². The quantitative estimate of drug-likeness (QED) is 0.641. The van der Waals surface area contributed by atoms with Gasteiger partial charge in [-0.05, 0) is 31.0 Å². The second-order valence-corrected chi connectivity index (χ2v) is 6.76. The van der Waals surface area contributed by atoms with E-state index in [0.29, 0.717) is 6.10 Å². The fourth-order valence-corrected chi connectivity index (χ4v) is 3.33. The Morgan fingerprint density at radius 1 is 1.17 bits per heavy atom. The van der Waals surface area contributed by atoms with Gasteiger partial charge in [-0.2, -0.15) is 0 Å². The molecule has 0 aliphatic heterocycles. The highest BCUT2D eigenvalue weighted by atomic mass is 32.2. The first-order chi connectivity index (χ1) is 11.8. The Morgan fingerprint density at radius 2 is 2.04 bits per heavy atom. The van der Waals surface area contributed by atoms with E-state index in [9.17, 15) is 0 Å². The molecule has 1 aliphatic carbocycles. The van der Waals surface area contributed by atoms with Crippen LogP contribution >= 0.6 is 11.8 Å². The van der Waals surface area contributed by atoms with Gasteiger partial charge in [0.15, 0.2) is 11.0 Å². The number of rotatable bonds is 6. The molecule has 3 aromatic rings. The largest absolute Gasteiger partial charge is 0.490 e. The van der Waals surface area contributed by atoms with Gasteiger partial charge in [-0.3, -0.25) is 4.98 Å². The van der Waals surface area contributed by atoms with E-state index in [1.54, 1.807) is 24.2 Å². The van der Waals surface area contributed by atoms with Crippen LogP contribution in [-0.2, 0) is 12.8 Å². The fourth-order valence-electron chi connectivity index (χ4n) is 2.43. The number of hydrogen-bond donors (Lipinski definition) is 0. The van der Waals surface area contributed by atoms with E-state index in [4.69, 9.17) is 4.74 Å². The number of thioether (sulfide) groups is 1. The van der Waals surface area contributed by atoms with Crippen molar-refractivity contribution in [1.29, 1.82) is 0 Å². The van der Waals surface area contributed by atoms with Crippen molar-refractivity contribution < 1.29 is 4.74 Å². The third kappa shape index (κ3) is 3.28. The lowest BCUT2D eigenvalue weighted by molar-refractivity contribution is 0.301. The number of para-hydroxylation sites is 1. The van der Waals surface area contributed by atoms with Gasteiger partial charge >= 0.3 is 0 Å². The van der Waals surface area contributed by atoms with Gasteiger partial charge in [0, 0.05) is 36.3 Å². The second kappa shape index (κ2) is 6.65. The third-order valence-electron chi connectivity index (χ3n) is 3.90. The van der Waals surface area contributed by atoms with Crippen molar-refractivity contribution in [2.75, 3.05) is 0 Å². The Hall–Kier alpha value is -2.34. The van der Waals surface area contributed by atoms with E-state index in [-0.39, 0.29) is 0 Å². The normalized spacial score (nSPS) is 13.9. The number of aromatic nitrogens is 4. The van der Waals surface area contributed by atoms with Crippen LogP contribution in [-0.4, -0.2) is 25.9 Å². The SMILES string of the molecule is Cn1c(SCc2ccccc2OC2CC2)nnc1-c1cccnc1. The minimum atomic E-state index is 0.406. The Balaban J connectivity index is 1.50. The molecule has 1 aromatic carbocycles. The molecule has 0 atom stereocenters. The molecule has 0 spiro atoms. The third-order valence-corrected chi connectivity index (χ3v) is 4.97. The van der Waals surface area contributed by atoms with Gasteiger partial charge in [0.2, 0.25) is 0 Å². The van der Waals surface area contributed by atoms with E-state index in [1.165, 1.54) is 18.4 Å². The summed E-state index contributed by atoms with van der Waals surface area (Å²) >= 11 is 1.67. The molecule has 122 valence electrons. The van der Waals surface area contributed by atoms with Crippen molar-refractivity contribution in [3.63, 3.8) is 0 Å². The minimum Gasteiger partial charge on any atom is -0.490 e. The second-order valence-electron chi connectivity index (χ2n) is 5.82. The topological polar surface area (TPSA) is 52.8 Å². The Bertz CT molecular complexity index is 830. The first kappa shape index (κ1) is 15.2. The van der Waals surface area contributed by atoms with Gasteiger partial charge in [-0.15, -0.1) is 10.2 Å². The molecule has 0 bridgehead atoms. The molecule has 0 radical (unpaired) electrons. The monoisotopic (exact) mass is 338 g/mol. The summed E-state index contributed by atoms with van der Waals surface area (Å²) in [7, 11) is 1.98. The summed E-state index contributed by atoms with van der Waals surface area (Å²) in [5, 5.41) is 9.50. The fraction of sp³-hybridized carbons (Fsp3) is 0.278. The average molecular weight is 338 g/mol. The zero-order valence-corrected chi connectivity index (χ0v) is 14.2. The van der Waals surface area contributed by atoms with Gasteiger partial charge < -0.3 is 9.30 Å². The summed E-state index contributed by atoms with van der Waals surface area (Å²) < 4.78 is 7.99. The lowest BCUT2D eigenvalue weighted by Crippen LogP contribution is -1.99. The molecular formula is C18H18N4OS. The molecule has 2 aromatic heterocycles. The van der Waals surface area contributed by atoms with Crippen LogP contribution in [0.15, 0.2) is 53.9 Å². The number of nitrogens with zero attached hydrogens (tertiary/aromatic N) is 4. The van der Waals surface area contributed by atoms with Crippen molar-refractivity contribution >= 4 is 11.8 Å². The van der Waals surface area contributed by atoms with Gasteiger partial charge in [-0.25, -0.2) is 0 Å². The molecule has 24 heavy (non-hydrogen) atoms. The van der Waals surface area contributed by atoms with Crippen LogP contribution in [0.25, 0.3) is 11.4 Å². The smallest absolute Gasteiger partial charge is 0.191 e. The number of pyridine rings is 1. The highest BCUT2D eigenvalue weighted by molar-refractivity contribution is 7.98. The van der Waals surface area contributed by atoms with Crippen molar-refractivity contribution in [1.82, 2.24) is 19.7 Å². The van der Waals surface area contributed by atoms with Crippen LogP contribution < -0.4 is 4.74 Å². The molecule has 6 heteroatoms. The highest BCUT2D eigenvalue weighted by Crippen LogP contribution is 2.32. The summed E-state index contributed by atoms with van der Waals surface area (Å²) in [6.07, 6.45) is 6.30. The summed E-state index contributed by atoms with van der Waals surface area (Å²) in [6.45, 7) is 0. The standard InChI is InChI=1S/C18H18N4OS/c1-22-17(13-6-4-10-19-11-13)20-21-18(22)24-12-14-5-2-3-7-16(14)23-15-8-9-15/h2-7,10-11,15H,8-9,12H2,1H3. The summed E-state index contributed by atoms with van der Waals surface area (Å²) in [5.74, 6) is 2.62. The van der Waals surface area contributed by atoms with Crippen LogP contribution in [0.2, 0.25) is 0 Å². The molecule has 1 fully saturated rings. The van der Waals surface area contributed by atoms with E-state index in [0.717, 1.165) is 28.0 Å². The molecule has 0 amide bonds. The molecule has 0 unspecified atom stereocenters. The summed E-state index contributed by atoms with van der Waals surface area (Å²) in [4.78, 5) is 4.15. The molecule has 1 aliphatic rings. The van der Waals surface area contributed by atoms with E-state index in [1.807, 2.05) is 41.9 Å². The van der Waals surface area contributed by atoms with Crippen molar-refractivity contribution in [2.45, 2.75) is 29.9 Å². The van der Waals surface area contributed by atoms with Gasteiger partial charge in [-0.1, -0.05) is 30.0 Å². The predicted molar refractivity (Wildman–Crippen MR) is 93.9 cm³/mol. The Morgan fingerprint density at radius 3 is 2.83 bits per heavy atom. The lowest BCUT2D eigenvalue weighted by Gasteiger charge is -2.10.